The van der Waals surface area contributed by atoms with Gasteiger partial charge in [-0.1, -0.05) is 253 Å². The number of carbonyl (C=O) groups is 1. The number of ether oxygens (including phenoxy) is 2. The predicted molar refractivity (Wildman–Crippen MR) is 299 cm³/mol. The summed E-state index contributed by atoms with van der Waals surface area (Å²) in [7, 11) is 0. The molecule has 0 aromatic heterocycles. The second kappa shape index (κ2) is 50.9. The molecule has 9 nitrogen and oxygen atoms in total. The molecule has 0 saturated carbocycles. The third kappa shape index (κ3) is 40.4. The van der Waals surface area contributed by atoms with Crippen molar-refractivity contribution >= 4 is 5.91 Å². The minimum atomic E-state index is -1.57. The van der Waals surface area contributed by atoms with E-state index in [1.807, 2.05) is 6.08 Å². The van der Waals surface area contributed by atoms with E-state index in [-0.39, 0.29) is 12.5 Å². The first-order chi connectivity index (χ1) is 34.8. The number of hydrogen-bond acceptors (Lipinski definition) is 8. The van der Waals surface area contributed by atoms with Crippen molar-refractivity contribution in [2.75, 3.05) is 13.2 Å². The average Bonchev–Trinajstić information content (AvgIpc) is 3.37. The number of aliphatic hydroxyl groups excluding tert-OH is 5. The topological polar surface area (TPSA) is 149 Å². The highest BCUT2D eigenvalue weighted by atomic mass is 16.7. The molecule has 1 heterocycles. The molecular formula is C62H109NO8. The molecule has 0 bridgehead atoms. The minimum absolute atomic E-state index is 0.193. The van der Waals surface area contributed by atoms with Gasteiger partial charge in [0.05, 0.1) is 25.4 Å². The maximum atomic E-state index is 13.1. The van der Waals surface area contributed by atoms with Crippen molar-refractivity contribution in [3.05, 3.63) is 85.1 Å². The van der Waals surface area contributed by atoms with E-state index in [0.717, 1.165) is 103 Å². The number of allylic oxidation sites excluding steroid dienone is 13. The lowest BCUT2D eigenvalue weighted by Gasteiger charge is -2.40. The first kappa shape index (κ1) is 66.4. The van der Waals surface area contributed by atoms with Crippen LogP contribution in [0.1, 0.15) is 245 Å². The average molecular weight is 997 g/mol. The Morgan fingerprint density at radius 3 is 1.30 bits per heavy atom. The Morgan fingerprint density at radius 2 is 0.873 bits per heavy atom. The monoisotopic (exact) mass is 996 g/mol. The van der Waals surface area contributed by atoms with Crippen LogP contribution in [0, 0.1) is 0 Å². The van der Waals surface area contributed by atoms with E-state index in [1.165, 1.54) is 122 Å². The highest BCUT2D eigenvalue weighted by molar-refractivity contribution is 5.76. The zero-order chi connectivity index (χ0) is 51.5. The summed E-state index contributed by atoms with van der Waals surface area (Å²) in [5.41, 5.74) is 0. The molecular weight excluding hydrogens is 887 g/mol. The molecule has 1 fully saturated rings. The summed E-state index contributed by atoms with van der Waals surface area (Å²) in [5.74, 6) is -0.193. The van der Waals surface area contributed by atoms with Crippen LogP contribution in [0.5, 0.6) is 0 Å². The first-order valence-electron chi connectivity index (χ1n) is 29.3. The lowest BCUT2D eigenvalue weighted by molar-refractivity contribution is -0.302. The number of amides is 1. The van der Waals surface area contributed by atoms with Crippen LogP contribution in [0.25, 0.3) is 0 Å². The Kier molecular flexibility index (Phi) is 47.6. The van der Waals surface area contributed by atoms with Crippen molar-refractivity contribution < 1.29 is 39.8 Å². The highest BCUT2D eigenvalue weighted by Crippen LogP contribution is 2.23. The number of carbonyl (C=O) groups excluding carboxylic acids is 1. The lowest BCUT2D eigenvalue weighted by atomic mass is 9.99. The van der Waals surface area contributed by atoms with E-state index >= 15 is 0 Å². The fourth-order valence-electron chi connectivity index (χ4n) is 8.87. The van der Waals surface area contributed by atoms with Gasteiger partial charge in [-0.2, -0.15) is 0 Å². The summed E-state index contributed by atoms with van der Waals surface area (Å²) in [5, 5.41) is 54.6. The maximum absolute atomic E-state index is 13.1. The normalized spacial score (nSPS) is 19.9. The van der Waals surface area contributed by atoms with Gasteiger partial charge in [-0.25, -0.2) is 0 Å². The number of unbranched alkanes of at least 4 members (excludes halogenated alkanes) is 27. The summed E-state index contributed by atoms with van der Waals surface area (Å²) in [6, 6.07) is -0.820. The Hall–Kier alpha value is -2.63. The number of rotatable bonds is 49. The fraction of sp³-hybridized carbons (Fsp3) is 0.758. The van der Waals surface area contributed by atoms with Crippen LogP contribution >= 0.6 is 0 Å². The quantitative estimate of drug-likeness (QED) is 0.0261. The molecule has 6 N–H and O–H groups in total. The SMILES string of the molecule is CC/C=C\C/C=C\C/C=C\C/C=C\C/C=C\C/C=C\CCCCCCCCC(=O)NC(COC1OC(CO)C(O)C(O)C1O)C(O)/C=C/CCCCCCCCCCCCCCCCCCCCCCC. The summed E-state index contributed by atoms with van der Waals surface area (Å²) in [6.45, 7) is 3.67. The number of nitrogens with one attached hydrogen (secondary N) is 1. The second-order valence-electron chi connectivity index (χ2n) is 20.1. The number of hydrogen-bond donors (Lipinski definition) is 6. The van der Waals surface area contributed by atoms with Gasteiger partial charge in [0.2, 0.25) is 5.91 Å². The zero-order valence-electron chi connectivity index (χ0n) is 45.5. The molecule has 7 unspecified atom stereocenters. The molecule has 0 aromatic carbocycles. The summed E-state index contributed by atoms with van der Waals surface area (Å²) in [6.07, 6.45) is 64.9. The van der Waals surface area contributed by atoms with Crippen molar-refractivity contribution in [2.24, 2.45) is 0 Å². The molecule has 71 heavy (non-hydrogen) atoms. The second-order valence-corrected chi connectivity index (χ2v) is 20.1. The van der Waals surface area contributed by atoms with Crippen LogP contribution in [0.2, 0.25) is 0 Å². The molecule has 0 aromatic rings. The van der Waals surface area contributed by atoms with E-state index in [4.69, 9.17) is 9.47 Å². The molecule has 1 aliphatic rings. The molecule has 7 atom stereocenters. The standard InChI is InChI=1S/C62H109NO8/c1-3-5-7-9-11-13-15-17-19-21-23-25-27-28-30-32-34-36-38-40-42-44-46-48-50-52-58(66)63-55(54-70-62-61(69)60(68)59(67)57(53-64)71-62)56(65)51-49-47-45-43-41-39-37-35-33-31-29-26-24-22-20-18-16-14-12-10-8-6-4-2/h5,7,11,13,17,19,23,25,28,30,34,36,49,51,55-57,59-62,64-65,67-69H,3-4,6,8-10,12,14-16,18,20-22,24,26-27,29,31-33,35,37-48,50,52-54H2,1-2H3,(H,63,66)/b7-5-,13-11-,19-17-,25-23-,30-28-,36-34-,51-49+. The Bertz CT molecular complexity index is 1390. The van der Waals surface area contributed by atoms with Gasteiger partial charge < -0.3 is 40.3 Å². The first-order valence-corrected chi connectivity index (χ1v) is 29.3. The van der Waals surface area contributed by atoms with Gasteiger partial charge in [-0.05, 0) is 70.6 Å². The molecule has 9 heteroatoms. The van der Waals surface area contributed by atoms with Gasteiger partial charge in [0.25, 0.3) is 0 Å². The van der Waals surface area contributed by atoms with Crippen LogP contribution in [0.4, 0.5) is 0 Å². The highest BCUT2D eigenvalue weighted by Gasteiger charge is 2.44. The van der Waals surface area contributed by atoms with Gasteiger partial charge >= 0.3 is 0 Å². The van der Waals surface area contributed by atoms with Gasteiger partial charge in [-0.3, -0.25) is 4.79 Å². The van der Waals surface area contributed by atoms with Gasteiger partial charge in [0.15, 0.2) is 6.29 Å². The van der Waals surface area contributed by atoms with Gasteiger partial charge in [0.1, 0.15) is 24.4 Å². The Labute approximate surface area is 435 Å². The van der Waals surface area contributed by atoms with Crippen molar-refractivity contribution in [3.63, 3.8) is 0 Å². The summed E-state index contributed by atoms with van der Waals surface area (Å²) >= 11 is 0. The van der Waals surface area contributed by atoms with Crippen LogP contribution in [-0.2, 0) is 14.3 Å². The molecule has 0 aliphatic carbocycles. The van der Waals surface area contributed by atoms with E-state index in [9.17, 15) is 30.3 Å². The van der Waals surface area contributed by atoms with Gasteiger partial charge in [-0.15, -0.1) is 0 Å². The molecule has 1 aliphatic heterocycles. The van der Waals surface area contributed by atoms with Crippen molar-refractivity contribution in [3.8, 4) is 0 Å². The van der Waals surface area contributed by atoms with Crippen molar-refractivity contribution in [2.45, 2.75) is 288 Å². The molecule has 410 valence electrons. The van der Waals surface area contributed by atoms with E-state index in [2.05, 4.69) is 92.1 Å². The number of aliphatic hydroxyl groups is 5. The third-order valence-electron chi connectivity index (χ3n) is 13.5. The Morgan fingerprint density at radius 1 is 0.493 bits per heavy atom. The molecule has 0 radical (unpaired) electrons. The summed E-state index contributed by atoms with van der Waals surface area (Å²) in [4.78, 5) is 13.1. The maximum Gasteiger partial charge on any atom is 0.220 e. The largest absolute Gasteiger partial charge is 0.394 e. The predicted octanol–water partition coefficient (Wildman–Crippen LogP) is 14.6. The van der Waals surface area contributed by atoms with Crippen LogP contribution in [-0.4, -0.2) is 87.5 Å². The fourth-order valence-corrected chi connectivity index (χ4v) is 8.87. The van der Waals surface area contributed by atoms with E-state index in [1.54, 1.807) is 6.08 Å². The van der Waals surface area contributed by atoms with Gasteiger partial charge in [0, 0.05) is 6.42 Å². The minimum Gasteiger partial charge on any atom is -0.394 e. The molecule has 1 amide bonds. The Balaban J connectivity index is 2.26. The lowest BCUT2D eigenvalue weighted by Crippen LogP contribution is -2.60. The van der Waals surface area contributed by atoms with Crippen molar-refractivity contribution in [1.29, 1.82) is 0 Å². The zero-order valence-corrected chi connectivity index (χ0v) is 45.5. The van der Waals surface area contributed by atoms with Crippen molar-refractivity contribution in [1.82, 2.24) is 5.32 Å². The van der Waals surface area contributed by atoms with E-state index in [0.29, 0.717) is 6.42 Å². The van der Waals surface area contributed by atoms with Crippen LogP contribution in [0.15, 0.2) is 85.1 Å². The summed E-state index contributed by atoms with van der Waals surface area (Å²) < 4.78 is 11.3. The molecule has 1 saturated heterocycles. The van der Waals surface area contributed by atoms with Crippen LogP contribution < -0.4 is 5.32 Å². The molecule has 1 rings (SSSR count). The molecule has 0 spiro atoms. The van der Waals surface area contributed by atoms with E-state index < -0.39 is 49.5 Å². The third-order valence-corrected chi connectivity index (χ3v) is 13.5. The van der Waals surface area contributed by atoms with Crippen LogP contribution in [0.3, 0.4) is 0 Å². The smallest absolute Gasteiger partial charge is 0.220 e.